The van der Waals surface area contributed by atoms with E-state index in [1.54, 1.807) is 0 Å². The first-order valence-electron chi connectivity index (χ1n) is 7.08. The Labute approximate surface area is 121 Å². The fourth-order valence-electron chi connectivity index (χ4n) is 2.25. The normalized spacial score (nSPS) is 18.2. The second-order valence-electron chi connectivity index (χ2n) is 6.18. The van der Waals surface area contributed by atoms with Crippen LogP contribution in [0.15, 0.2) is 24.3 Å². The highest BCUT2D eigenvalue weighted by molar-refractivity contribution is 5.93. The first kappa shape index (κ1) is 14.6. The van der Waals surface area contributed by atoms with Crippen molar-refractivity contribution in [2.24, 2.45) is 5.41 Å². The van der Waals surface area contributed by atoms with Crippen molar-refractivity contribution in [3.05, 3.63) is 35.4 Å². The Morgan fingerprint density at radius 1 is 1.35 bits per heavy atom. The van der Waals surface area contributed by atoms with E-state index in [4.69, 9.17) is 0 Å². The van der Waals surface area contributed by atoms with E-state index in [1.165, 1.54) is 11.1 Å². The Hall–Kier alpha value is -1.79. The van der Waals surface area contributed by atoms with E-state index in [9.17, 15) is 4.79 Å². The highest BCUT2D eigenvalue weighted by Gasteiger charge is 2.19. The summed E-state index contributed by atoms with van der Waals surface area (Å²) in [6.45, 7) is 7.68. The smallest absolute Gasteiger partial charge is 0.296 e. The Morgan fingerprint density at radius 2 is 2.10 bits per heavy atom. The monoisotopic (exact) mass is 270 g/mol. The number of carbonyl (C=O) groups is 1. The highest BCUT2D eigenvalue weighted by Crippen LogP contribution is 2.20. The van der Waals surface area contributed by atoms with Crippen molar-refractivity contribution in [3.63, 3.8) is 0 Å². The van der Waals surface area contributed by atoms with Crippen LogP contribution in [0.1, 0.15) is 37.9 Å². The molecule has 1 aliphatic heterocycles. The molecule has 1 unspecified atom stereocenters. The Balaban J connectivity index is 2.13. The van der Waals surface area contributed by atoms with Crippen molar-refractivity contribution in [2.45, 2.75) is 33.2 Å². The Kier molecular flexibility index (Phi) is 4.46. The molecule has 0 bridgehead atoms. The first-order chi connectivity index (χ1) is 9.46. The maximum atomic E-state index is 12.0. The van der Waals surface area contributed by atoms with Crippen molar-refractivity contribution in [1.29, 1.82) is 0 Å². The van der Waals surface area contributed by atoms with Gasteiger partial charge < -0.3 is 10.6 Å². The van der Waals surface area contributed by atoms with Crippen LogP contribution in [0.25, 0.3) is 0 Å². The number of amides is 1. The lowest BCUT2D eigenvalue weighted by atomic mass is 9.98. The molecule has 3 heteroatoms. The van der Waals surface area contributed by atoms with Crippen LogP contribution in [-0.4, -0.2) is 19.0 Å². The minimum absolute atomic E-state index is 0.00420. The van der Waals surface area contributed by atoms with Crippen molar-refractivity contribution >= 4 is 5.91 Å². The van der Waals surface area contributed by atoms with E-state index in [1.807, 2.05) is 32.9 Å². The minimum atomic E-state index is -0.205. The van der Waals surface area contributed by atoms with E-state index in [0.717, 1.165) is 19.5 Å². The van der Waals surface area contributed by atoms with Crippen LogP contribution < -0.4 is 10.6 Å². The molecular formula is C17H22N2O. The lowest BCUT2D eigenvalue weighted by Gasteiger charge is -2.18. The zero-order chi connectivity index (χ0) is 14.6. The van der Waals surface area contributed by atoms with Gasteiger partial charge in [0.15, 0.2) is 0 Å². The quantitative estimate of drug-likeness (QED) is 0.767. The number of rotatable bonds is 1. The maximum Gasteiger partial charge on any atom is 0.296 e. The highest BCUT2D eigenvalue weighted by atomic mass is 16.1. The summed E-state index contributed by atoms with van der Waals surface area (Å²) in [6.07, 6.45) is 0.996. The average Bonchev–Trinajstić information content (AvgIpc) is 2.59. The number of benzene rings is 1. The van der Waals surface area contributed by atoms with E-state index < -0.39 is 0 Å². The largest absolute Gasteiger partial charge is 0.337 e. The molecule has 1 heterocycles. The van der Waals surface area contributed by atoms with Gasteiger partial charge >= 0.3 is 0 Å². The van der Waals surface area contributed by atoms with E-state index >= 15 is 0 Å². The molecular weight excluding hydrogens is 248 g/mol. The average molecular weight is 270 g/mol. The lowest BCUT2D eigenvalue weighted by molar-refractivity contribution is -0.116. The van der Waals surface area contributed by atoms with Gasteiger partial charge in [-0.05, 0) is 50.8 Å². The van der Waals surface area contributed by atoms with E-state index in [-0.39, 0.29) is 17.4 Å². The zero-order valence-corrected chi connectivity index (χ0v) is 12.4. The molecule has 2 N–H and O–H groups in total. The lowest BCUT2D eigenvalue weighted by Crippen LogP contribution is -2.34. The second-order valence-corrected chi connectivity index (χ2v) is 6.18. The third kappa shape index (κ3) is 4.11. The van der Waals surface area contributed by atoms with Crippen LogP contribution in [0.5, 0.6) is 0 Å². The maximum absolute atomic E-state index is 12.0. The summed E-state index contributed by atoms with van der Waals surface area (Å²) in [6, 6.07) is 8.27. The summed E-state index contributed by atoms with van der Waals surface area (Å²) in [5.74, 6) is 5.46. The molecule has 20 heavy (non-hydrogen) atoms. The Morgan fingerprint density at radius 3 is 2.85 bits per heavy atom. The fraction of sp³-hybridized carbons (Fsp3) is 0.471. The van der Waals surface area contributed by atoms with Gasteiger partial charge in [-0.1, -0.05) is 30.2 Å². The van der Waals surface area contributed by atoms with Gasteiger partial charge in [0, 0.05) is 12.0 Å². The van der Waals surface area contributed by atoms with Crippen molar-refractivity contribution < 1.29 is 4.79 Å². The molecule has 3 nitrogen and oxygen atoms in total. The predicted molar refractivity (Wildman–Crippen MR) is 81.1 cm³/mol. The van der Waals surface area contributed by atoms with Crippen molar-refractivity contribution in [3.8, 4) is 11.8 Å². The fourth-order valence-corrected chi connectivity index (χ4v) is 2.25. The van der Waals surface area contributed by atoms with Crippen LogP contribution >= 0.6 is 0 Å². The molecule has 1 aliphatic rings. The molecule has 1 aromatic rings. The number of hydrogen-bond acceptors (Lipinski definition) is 2. The van der Waals surface area contributed by atoms with E-state index in [0.29, 0.717) is 0 Å². The summed E-state index contributed by atoms with van der Waals surface area (Å²) in [4.78, 5) is 12.0. The molecule has 0 saturated carbocycles. The van der Waals surface area contributed by atoms with Crippen molar-refractivity contribution in [2.75, 3.05) is 13.1 Å². The SMILES string of the molecule is CC(C)(C)C#CC(=O)NC1CNCCc2ccccc21. The van der Waals surface area contributed by atoms with Gasteiger partial charge in [0.1, 0.15) is 0 Å². The number of fused-ring (bicyclic) bond motifs is 1. The first-order valence-corrected chi connectivity index (χ1v) is 7.08. The standard InChI is InChI=1S/C17H22N2O/c1-17(2,3)10-8-16(20)19-15-12-18-11-9-13-6-4-5-7-14(13)15/h4-7,15,18H,9,11-12H2,1-3H3,(H,19,20). The van der Waals surface area contributed by atoms with Gasteiger partial charge in [-0.2, -0.15) is 0 Å². The Bertz CT molecular complexity index is 546. The molecule has 0 aliphatic carbocycles. The predicted octanol–water partition coefficient (Wildman–Crippen LogP) is 2.04. The molecule has 1 amide bonds. The molecule has 106 valence electrons. The molecule has 0 radical (unpaired) electrons. The minimum Gasteiger partial charge on any atom is -0.337 e. The topological polar surface area (TPSA) is 41.1 Å². The number of nitrogens with one attached hydrogen (secondary N) is 2. The third-order valence-electron chi connectivity index (χ3n) is 3.21. The van der Waals surface area contributed by atoms with Gasteiger partial charge in [-0.25, -0.2) is 0 Å². The molecule has 1 aromatic carbocycles. The molecule has 0 saturated heterocycles. The molecule has 0 fully saturated rings. The van der Waals surface area contributed by atoms with Crippen LogP contribution in [0.2, 0.25) is 0 Å². The summed E-state index contributed by atoms with van der Waals surface area (Å²) < 4.78 is 0. The van der Waals surface area contributed by atoms with Crippen molar-refractivity contribution in [1.82, 2.24) is 10.6 Å². The summed E-state index contributed by atoms with van der Waals surface area (Å²) in [7, 11) is 0. The van der Waals surface area contributed by atoms with Crippen LogP contribution in [0, 0.1) is 17.3 Å². The molecule has 2 rings (SSSR count). The summed E-state index contributed by atoms with van der Waals surface area (Å²) in [5, 5.41) is 6.37. The van der Waals surface area contributed by atoms with Crippen LogP contribution in [-0.2, 0) is 11.2 Å². The van der Waals surface area contributed by atoms with Gasteiger partial charge in [0.2, 0.25) is 0 Å². The van der Waals surface area contributed by atoms with Crippen LogP contribution in [0.3, 0.4) is 0 Å². The van der Waals surface area contributed by atoms with E-state index in [2.05, 4.69) is 34.6 Å². The second kappa shape index (κ2) is 6.11. The van der Waals surface area contributed by atoms with Crippen LogP contribution in [0.4, 0.5) is 0 Å². The molecule has 0 aromatic heterocycles. The third-order valence-corrected chi connectivity index (χ3v) is 3.21. The summed E-state index contributed by atoms with van der Waals surface area (Å²) >= 11 is 0. The molecule has 1 atom stereocenters. The molecule has 0 spiro atoms. The summed E-state index contributed by atoms with van der Waals surface area (Å²) in [5.41, 5.74) is 2.34. The zero-order valence-electron chi connectivity index (χ0n) is 12.4. The van der Waals surface area contributed by atoms with Gasteiger partial charge in [0.05, 0.1) is 6.04 Å². The van der Waals surface area contributed by atoms with Gasteiger partial charge in [0.25, 0.3) is 5.91 Å². The van der Waals surface area contributed by atoms with Gasteiger partial charge in [-0.15, -0.1) is 0 Å². The number of carbonyl (C=O) groups excluding carboxylic acids is 1. The number of hydrogen-bond donors (Lipinski definition) is 2. The van der Waals surface area contributed by atoms with Gasteiger partial charge in [-0.3, -0.25) is 4.79 Å².